The van der Waals surface area contributed by atoms with Gasteiger partial charge in [0.15, 0.2) is 0 Å². The fourth-order valence-electron chi connectivity index (χ4n) is 2.31. The third kappa shape index (κ3) is 6.13. The fourth-order valence-corrected chi connectivity index (χ4v) is 2.31. The Morgan fingerprint density at radius 1 is 1.17 bits per heavy atom. The molecular weight excluding hydrogens is 304 g/mol. The SMILES string of the molecule is CCN(CC)CCCOc1ccc(NC(=O)[C@@](C)(CC)OC)cc1. The molecule has 5 nitrogen and oxygen atoms in total. The summed E-state index contributed by atoms with van der Waals surface area (Å²) < 4.78 is 11.1. The summed E-state index contributed by atoms with van der Waals surface area (Å²) in [4.78, 5) is 14.6. The van der Waals surface area contributed by atoms with E-state index in [1.54, 1.807) is 14.0 Å². The predicted octanol–water partition coefficient (Wildman–Crippen LogP) is 3.55. The minimum atomic E-state index is -0.806. The molecule has 1 rings (SSSR count). The number of rotatable bonds is 11. The maximum Gasteiger partial charge on any atom is 0.256 e. The van der Waals surface area contributed by atoms with E-state index in [0.717, 1.165) is 37.5 Å². The van der Waals surface area contributed by atoms with Gasteiger partial charge in [0.2, 0.25) is 0 Å². The highest BCUT2D eigenvalue weighted by molar-refractivity contribution is 5.97. The molecule has 136 valence electrons. The Kier molecular flexibility index (Phi) is 8.79. The van der Waals surface area contributed by atoms with E-state index in [1.807, 2.05) is 31.2 Å². The van der Waals surface area contributed by atoms with Crippen LogP contribution in [0, 0.1) is 0 Å². The van der Waals surface area contributed by atoms with Crippen molar-refractivity contribution in [2.75, 3.05) is 38.7 Å². The van der Waals surface area contributed by atoms with E-state index in [1.165, 1.54) is 0 Å². The van der Waals surface area contributed by atoms with E-state index in [0.29, 0.717) is 13.0 Å². The molecule has 1 aromatic rings. The number of ether oxygens (including phenoxy) is 2. The van der Waals surface area contributed by atoms with Crippen LogP contribution in [0.1, 0.15) is 40.5 Å². The van der Waals surface area contributed by atoms with Gasteiger partial charge in [0.1, 0.15) is 11.4 Å². The second kappa shape index (κ2) is 10.3. The summed E-state index contributed by atoms with van der Waals surface area (Å²) in [6.07, 6.45) is 1.62. The molecule has 0 saturated carbocycles. The number of anilines is 1. The Morgan fingerprint density at radius 3 is 2.29 bits per heavy atom. The average Bonchev–Trinajstić information content (AvgIpc) is 2.62. The second-order valence-corrected chi connectivity index (χ2v) is 6.00. The molecule has 1 aromatic carbocycles. The molecule has 0 fully saturated rings. The lowest BCUT2D eigenvalue weighted by Gasteiger charge is -2.25. The molecule has 0 aliphatic heterocycles. The average molecular weight is 336 g/mol. The first-order valence-corrected chi connectivity index (χ1v) is 8.80. The quantitative estimate of drug-likeness (QED) is 0.628. The second-order valence-electron chi connectivity index (χ2n) is 6.00. The zero-order valence-corrected chi connectivity index (χ0v) is 15.7. The summed E-state index contributed by atoms with van der Waals surface area (Å²) in [7, 11) is 1.55. The number of carbonyl (C=O) groups excluding carboxylic acids is 1. The number of hydrogen-bond donors (Lipinski definition) is 1. The van der Waals surface area contributed by atoms with Gasteiger partial charge in [-0.1, -0.05) is 20.8 Å². The van der Waals surface area contributed by atoms with Crippen molar-refractivity contribution in [2.24, 2.45) is 0 Å². The minimum Gasteiger partial charge on any atom is -0.494 e. The molecule has 1 N–H and O–H groups in total. The molecule has 0 aliphatic carbocycles. The van der Waals surface area contributed by atoms with Crippen molar-refractivity contribution in [2.45, 2.75) is 46.1 Å². The lowest BCUT2D eigenvalue weighted by Crippen LogP contribution is -2.41. The van der Waals surface area contributed by atoms with Crippen LogP contribution >= 0.6 is 0 Å². The van der Waals surface area contributed by atoms with E-state index >= 15 is 0 Å². The van der Waals surface area contributed by atoms with E-state index in [9.17, 15) is 4.79 Å². The van der Waals surface area contributed by atoms with Crippen molar-refractivity contribution in [1.29, 1.82) is 0 Å². The molecule has 1 atom stereocenters. The lowest BCUT2D eigenvalue weighted by molar-refractivity contribution is -0.136. The Hall–Kier alpha value is -1.59. The first-order chi connectivity index (χ1) is 11.5. The summed E-state index contributed by atoms with van der Waals surface area (Å²) in [5.41, 5.74) is -0.0632. The third-order valence-electron chi connectivity index (χ3n) is 4.50. The van der Waals surface area contributed by atoms with Gasteiger partial charge >= 0.3 is 0 Å². The van der Waals surface area contributed by atoms with Gasteiger partial charge in [-0.2, -0.15) is 0 Å². The van der Waals surface area contributed by atoms with Crippen LogP contribution < -0.4 is 10.1 Å². The Labute approximate surface area is 146 Å². The summed E-state index contributed by atoms with van der Waals surface area (Å²) in [5, 5.41) is 2.88. The van der Waals surface area contributed by atoms with Crippen molar-refractivity contribution >= 4 is 11.6 Å². The van der Waals surface area contributed by atoms with Crippen LogP contribution in [-0.4, -0.2) is 49.8 Å². The monoisotopic (exact) mass is 336 g/mol. The van der Waals surface area contributed by atoms with Gasteiger partial charge in [0, 0.05) is 19.3 Å². The minimum absolute atomic E-state index is 0.139. The maximum absolute atomic E-state index is 12.2. The maximum atomic E-state index is 12.2. The van der Waals surface area contributed by atoms with Gasteiger partial charge in [0.05, 0.1) is 6.61 Å². The molecular formula is C19H32N2O3. The largest absolute Gasteiger partial charge is 0.494 e. The van der Waals surface area contributed by atoms with Crippen LogP contribution in [0.3, 0.4) is 0 Å². The lowest BCUT2D eigenvalue weighted by atomic mass is 10.0. The molecule has 0 bridgehead atoms. The van der Waals surface area contributed by atoms with Crippen molar-refractivity contribution in [1.82, 2.24) is 4.90 Å². The van der Waals surface area contributed by atoms with E-state index in [-0.39, 0.29) is 5.91 Å². The van der Waals surface area contributed by atoms with Gasteiger partial charge < -0.3 is 19.7 Å². The molecule has 1 amide bonds. The number of methoxy groups -OCH3 is 1. The normalized spacial score (nSPS) is 13.6. The van der Waals surface area contributed by atoms with Crippen LogP contribution in [0.25, 0.3) is 0 Å². The Balaban J connectivity index is 2.44. The fraction of sp³-hybridized carbons (Fsp3) is 0.632. The molecule has 0 heterocycles. The number of carbonyl (C=O) groups is 1. The van der Waals surface area contributed by atoms with Gasteiger partial charge in [0.25, 0.3) is 5.91 Å². The van der Waals surface area contributed by atoms with Crippen LogP contribution in [0.15, 0.2) is 24.3 Å². The van der Waals surface area contributed by atoms with Gasteiger partial charge in [-0.05, 0) is 57.1 Å². The molecule has 24 heavy (non-hydrogen) atoms. The zero-order valence-electron chi connectivity index (χ0n) is 15.7. The van der Waals surface area contributed by atoms with Crippen LogP contribution in [-0.2, 0) is 9.53 Å². The molecule has 0 aliphatic rings. The van der Waals surface area contributed by atoms with Gasteiger partial charge in [-0.15, -0.1) is 0 Å². The molecule has 5 heteroatoms. The highest BCUT2D eigenvalue weighted by Crippen LogP contribution is 2.20. The molecule has 0 radical (unpaired) electrons. The molecule has 0 unspecified atom stereocenters. The highest BCUT2D eigenvalue weighted by Gasteiger charge is 2.30. The third-order valence-corrected chi connectivity index (χ3v) is 4.50. The van der Waals surface area contributed by atoms with Crippen molar-refractivity contribution in [3.8, 4) is 5.75 Å². The Morgan fingerprint density at radius 2 is 1.79 bits per heavy atom. The standard InChI is InChI=1S/C19H32N2O3/c1-6-19(4,23-5)18(22)20-16-10-12-17(13-11-16)24-15-9-14-21(7-2)8-3/h10-13H,6-9,14-15H2,1-5H3,(H,20,22)/t19-/m1/s1. The van der Waals surface area contributed by atoms with Crippen molar-refractivity contribution in [3.63, 3.8) is 0 Å². The Bertz CT molecular complexity index is 480. The first kappa shape index (κ1) is 20.5. The smallest absolute Gasteiger partial charge is 0.256 e. The van der Waals surface area contributed by atoms with Crippen molar-refractivity contribution in [3.05, 3.63) is 24.3 Å². The number of hydrogen-bond acceptors (Lipinski definition) is 4. The van der Waals surface area contributed by atoms with E-state index in [2.05, 4.69) is 24.1 Å². The van der Waals surface area contributed by atoms with Crippen LogP contribution in [0.2, 0.25) is 0 Å². The summed E-state index contributed by atoms with van der Waals surface area (Å²) in [5.74, 6) is 0.679. The van der Waals surface area contributed by atoms with Crippen molar-refractivity contribution < 1.29 is 14.3 Å². The zero-order chi connectivity index (χ0) is 18.0. The van der Waals surface area contributed by atoms with Crippen LogP contribution in [0.5, 0.6) is 5.75 Å². The highest BCUT2D eigenvalue weighted by atomic mass is 16.5. The number of benzene rings is 1. The predicted molar refractivity (Wildman–Crippen MR) is 98.7 cm³/mol. The topological polar surface area (TPSA) is 50.8 Å². The molecule has 0 spiro atoms. The number of nitrogens with one attached hydrogen (secondary N) is 1. The number of amides is 1. The van der Waals surface area contributed by atoms with E-state index in [4.69, 9.17) is 9.47 Å². The molecule has 0 aromatic heterocycles. The van der Waals surface area contributed by atoms with Crippen LogP contribution in [0.4, 0.5) is 5.69 Å². The summed E-state index contributed by atoms with van der Waals surface area (Å²) >= 11 is 0. The van der Waals surface area contributed by atoms with E-state index < -0.39 is 5.60 Å². The number of nitrogens with zero attached hydrogens (tertiary/aromatic N) is 1. The summed E-state index contributed by atoms with van der Waals surface area (Å²) in [6, 6.07) is 7.46. The summed E-state index contributed by atoms with van der Waals surface area (Å²) in [6.45, 7) is 11.9. The first-order valence-electron chi connectivity index (χ1n) is 8.80. The molecule has 0 saturated heterocycles. The van der Waals surface area contributed by atoms with Gasteiger partial charge in [-0.25, -0.2) is 0 Å². The van der Waals surface area contributed by atoms with Gasteiger partial charge in [-0.3, -0.25) is 4.79 Å².